The molecule has 1 aliphatic rings. The van der Waals surface area contributed by atoms with Crippen LogP contribution in [0.4, 0.5) is 5.82 Å². The summed E-state index contributed by atoms with van der Waals surface area (Å²) in [6.45, 7) is 7.90. The maximum atomic E-state index is 5.60. The Morgan fingerprint density at radius 1 is 1.15 bits per heavy atom. The van der Waals surface area contributed by atoms with E-state index in [0.717, 1.165) is 42.5 Å². The fourth-order valence-electron chi connectivity index (χ4n) is 3.49. The summed E-state index contributed by atoms with van der Waals surface area (Å²) in [7, 11) is 3.43. The van der Waals surface area contributed by atoms with E-state index in [1.54, 1.807) is 14.2 Å². The smallest absolute Gasteiger partial charge is 0.136 e. The molecule has 0 saturated carbocycles. The third-order valence-corrected chi connectivity index (χ3v) is 4.77. The second kappa shape index (κ2) is 7.62. The molecule has 0 aliphatic carbocycles. The molecule has 26 heavy (non-hydrogen) atoms. The van der Waals surface area contributed by atoms with Gasteiger partial charge in [0.25, 0.3) is 0 Å². The van der Waals surface area contributed by atoms with E-state index < -0.39 is 0 Å². The van der Waals surface area contributed by atoms with Crippen LogP contribution in [-0.2, 0) is 16.8 Å². The summed E-state index contributed by atoms with van der Waals surface area (Å²) in [6, 6.07) is 10.6. The molecule has 2 heterocycles. The molecule has 1 aliphatic heterocycles. The Labute approximate surface area is 156 Å². The highest BCUT2D eigenvalue weighted by atomic mass is 16.5. The van der Waals surface area contributed by atoms with Crippen LogP contribution in [-0.4, -0.2) is 30.7 Å². The van der Waals surface area contributed by atoms with Crippen LogP contribution < -0.4 is 9.64 Å². The number of nitrogens with zero attached hydrogens (tertiary/aromatic N) is 3. The Balaban J connectivity index is 2.02. The minimum Gasteiger partial charge on any atom is -0.496 e. The Kier molecular flexibility index (Phi) is 5.47. The Morgan fingerprint density at radius 3 is 2.62 bits per heavy atom. The van der Waals surface area contributed by atoms with Crippen molar-refractivity contribution in [2.24, 2.45) is 0 Å². The Bertz CT molecular complexity index is 755. The predicted molar refractivity (Wildman–Crippen MR) is 104 cm³/mol. The van der Waals surface area contributed by atoms with Gasteiger partial charge in [-0.3, -0.25) is 0 Å². The summed E-state index contributed by atoms with van der Waals surface area (Å²) in [5, 5.41) is 0. The lowest BCUT2D eigenvalue weighted by atomic mass is 9.95. The van der Waals surface area contributed by atoms with Crippen LogP contribution in [0.5, 0.6) is 5.75 Å². The van der Waals surface area contributed by atoms with E-state index >= 15 is 0 Å². The number of hydrogen-bond acceptors (Lipinski definition) is 5. The van der Waals surface area contributed by atoms with Gasteiger partial charge in [-0.15, -0.1) is 0 Å². The maximum absolute atomic E-state index is 5.60. The van der Waals surface area contributed by atoms with Gasteiger partial charge in [-0.1, -0.05) is 39.0 Å². The number of ether oxygens (including phenoxy) is 2. The lowest BCUT2D eigenvalue weighted by molar-refractivity contribution is 0.181. The van der Waals surface area contributed by atoms with Gasteiger partial charge >= 0.3 is 0 Å². The van der Waals surface area contributed by atoms with Crippen molar-refractivity contribution >= 4 is 5.82 Å². The quantitative estimate of drug-likeness (QED) is 0.801. The van der Waals surface area contributed by atoms with Crippen LogP contribution in [0.2, 0.25) is 0 Å². The average molecular weight is 355 g/mol. The monoisotopic (exact) mass is 355 g/mol. The molecule has 1 atom stereocenters. The highest BCUT2D eigenvalue weighted by Crippen LogP contribution is 2.39. The summed E-state index contributed by atoms with van der Waals surface area (Å²) in [5.74, 6) is 2.77. The third-order valence-electron chi connectivity index (χ3n) is 4.77. The molecular formula is C21H29N3O2. The van der Waals surface area contributed by atoms with Crippen LogP contribution in [0, 0.1) is 0 Å². The van der Waals surface area contributed by atoms with Crippen LogP contribution in [0.25, 0.3) is 0 Å². The molecule has 0 bridgehead atoms. The average Bonchev–Trinajstić information content (AvgIpc) is 3.10. The fraction of sp³-hybridized carbons (Fsp3) is 0.524. The van der Waals surface area contributed by atoms with Crippen molar-refractivity contribution in [2.75, 3.05) is 25.7 Å². The summed E-state index contributed by atoms with van der Waals surface area (Å²) >= 11 is 0. The molecule has 1 aromatic carbocycles. The van der Waals surface area contributed by atoms with Crippen LogP contribution in [0.1, 0.15) is 56.7 Å². The van der Waals surface area contributed by atoms with E-state index in [-0.39, 0.29) is 11.5 Å². The molecule has 0 spiro atoms. The predicted octanol–water partition coefficient (Wildman–Crippen LogP) is 4.27. The zero-order valence-electron chi connectivity index (χ0n) is 16.5. The van der Waals surface area contributed by atoms with Gasteiger partial charge in [0.2, 0.25) is 0 Å². The second-order valence-corrected chi connectivity index (χ2v) is 7.82. The van der Waals surface area contributed by atoms with Crippen molar-refractivity contribution in [1.29, 1.82) is 0 Å². The number of rotatable bonds is 5. The van der Waals surface area contributed by atoms with Crippen molar-refractivity contribution < 1.29 is 9.47 Å². The van der Waals surface area contributed by atoms with Crippen molar-refractivity contribution in [1.82, 2.24) is 9.97 Å². The topological polar surface area (TPSA) is 47.5 Å². The van der Waals surface area contributed by atoms with Gasteiger partial charge < -0.3 is 14.4 Å². The molecule has 3 rings (SSSR count). The van der Waals surface area contributed by atoms with Crippen molar-refractivity contribution in [2.45, 2.75) is 51.7 Å². The van der Waals surface area contributed by atoms with E-state index in [1.807, 2.05) is 12.1 Å². The van der Waals surface area contributed by atoms with Gasteiger partial charge in [0.15, 0.2) is 0 Å². The zero-order chi connectivity index (χ0) is 18.7. The fourth-order valence-corrected chi connectivity index (χ4v) is 3.49. The van der Waals surface area contributed by atoms with E-state index in [4.69, 9.17) is 19.4 Å². The standard InChI is InChI=1S/C21H29N3O2/c1-21(2,3)20-22-15(14-25-4)13-19(23-20)24-12-8-10-17(24)16-9-6-7-11-18(16)26-5/h6-7,9,11,13,17H,8,10,12,14H2,1-5H3. The van der Waals surface area contributed by atoms with E-state index in [1.165, 1.54) is 5.56 Å². The molecule has 5 nitrogen and oxygen atoms in total. The molecule has 1 unspecified atom stereocenters. The molecular weight excluding hydrogens is 326 g/mol. The van der Waals surface area contributed by atoms with Gasteiger partial charge in [-0.25, -0.2) is 9.97 Å². The van der Waals surface area contributed by atoms with Gasteiger partial charge in [0.1, 0.15) is 17.4 Å². The minimum absolute atomic E-state index is 0.113. The lowest BCUT2D eigenvalue weighted by Crippen LogP contribution is -2.26. The number of methoxy groups -OCH3 is 2. The first-order valence-electron chi connectivity index (χ1n) is 9.21. The summed E-state index contributed by atoms with van der Waals surface area (Å²) in [4.78, 5) is 12.0. The first kappa shape index (κ1) is 18.6. The summed E-state index contributed by atoms with van der Waals surface area (Å²) in [6.07, 6.45) is 2.23. The van der Waals surface area contributed by atoms with Gasteiger partial charge in [-0.2, -0.15) is 0 Å². The van der Waals surface area contributed by atoms with Crippen LogP contribution in [0.3, 0.4) is 0 Å². The number of benzene rings is 1. The molecule has 5 heteroatoms. The second-order valence-electron chi connectivity index (χ2n) is 7.82. The third kappa shape index (κ3) is 3.83. The highest BCUT2D eigenvalue weighted by Gasteiger charge is 2.30. The SMILES string of the molecule is COCc1cc(N2CCCC2c2ccccc2OC)nc(C(C)(C)C)n1. The zero-order valence-corrected chi connectivity index (χ0v) is 16.5. The van der Waals surface area contributed by atoms with Gasteiger partial charge in [0, 0.05) is 30.7 Å². The normalized spacial score (nSPS) is 17.6. The largest absolute Gasteiger partial charge is 0.496 e. The number of hydrogen-bond donors (Lipinski definition) is 0. The molecule has 2 aromatic rings. The minimum atomic E-state index is -0.113. The molecule has 140 valence electrons. The van der Waals surface area contributed by atoms with Crippen LogP contribution >= 0.6 is 0 Å². The van der Waals surface area contributed by atoms with Gasteiger partial charge in [0.05, 0.1) is 25.5 Å². The highest BCUT2D eigenvalue weighted by molar-refractivity contribution is 5.48. The molecule has 0 N–H and O–H groups in total. The summed E-state index contributed by atoms with van der Waals surface area (Å²) < 4.78 is 10.9. The first-order valence-corrected chi connectivity index (χ1v) is 9.21. The first-order chi connectivity index (χ1) is 12.4. The molecule has 1 aromatic heterocycles. The van der Waals surface area contributed by atoms with Crippen LogP contribution in [0.15, 0.2) is 30.3 Å². The van der Waals surface area contributed by atoms with Crippen molar-refractivity contribution in [3.63, 3.8) is 0 Å². The number of para-hydroxylation sites is 1. The maximum Gasteiger partial charge on any atom is 0.136 e. The molecule has 0 radical (unpaired) electrons. The van der Waals surface area contributed by atoms with E-state index in [0.29, 0.717) is 6.61 Å². The molecule has 0 amide bonds. The lowest BCUT2D eigenvalue weighted by Gasteiger charge is -2.29. The Morgan fingerprint density at radius 2 is 1.92 bits per heavy atom. The van der Waals surface area contributed by atoms with Gasteiger partial charge in [-0.05, 0) is 18.9 Å². The number of anilines is 1. The summed E-state index contributed by atoms with van der Waals surface area (Å²) in [5.41, 5.74) is 2.03. The van der Waals surface area contributed by atoms with E-state index in [9.17, 15) is 0 Å². The molecule has 1 fully saturated rings. The van der Waals surface area contributed by atoms with Crippen molar-refractivity contribution in [3.05, 3.63) is 47.4 Å². The molecule has 1 saturated heterocycles. The van der Waals surface area contributed by atoms with E-state index in [2.05, 4.69) is 43.9 Å². The Hall–Kier alpha value is -2.14. The number of aromatic nitrogens is 2. The van der Waals surface area contributed by atoms with Crippen molar-refractivity contribution in [3.8, 4) is 5.75 Å².